The Kier molecular flexibility index (Phi) is 2.82. The molecule has 0 fully saturated rings. The second kappa shape index (κ2) is 4.28. The summed E-state index contributed by atoms with van der Waals surface area (Å²) in [5.74, 6) is -0.156. The molecule has 0 radical (unpaired) electrons. The third-order valence-electron chi connectivity index (χ3n) is 2.04. The summed E-state index contributed by atoms with van der Waals surface area (Å²) in [5.41, 5.74) is 7.49. The summed E-state index contributed by atoms with van der Waals surface area (Å²) < 4.78 is 0. The van der Waals surface area contributed by atoms with E-state index in [-0.39, 0.29) is 5.91 Å². The molecule has 1 amide bonds. The van der Waals surface area contributed by atoms with Crippen LogP contribution in [0.4, 0.5) is 5.13 Å². The van der Waals surface area contributed by atoms with Crippen LogP contribution >= 0.6 is 11.3 Å². The van der Waals surface area contributed by atoms with Gasteiger partial charge in [-0.1, -0.05) is 0 Å². The van der Waals surface area contributed by atoms with Gasteiger partial charge in [0.1, 0.15) is 5.69 Å². The Morgan fingerprint density at radius 2 is 2.25 bits per heavy atom. The standard InChI is InChI=1S/C10H10N4OS/c1-12-9(15)6-2-3-7(13-4-6)8-5-16-10(11)14-8/h2-5H,1H3,(H2,11,14)(H,12,15). The van der Waals surface area contributed by atoms with Gasteiger partial charge in [-0.15, -0.1) is 11.3 Å². The minimum atomic E-state index is -0.156. The van der Waals surface area contributed by atoms with Gasteiger partial charge in [0.25, 0.3) is 5.91 Å². The quantitative estimate of drug-likeness (QED) is 0.816. The lowest BCUT2D eigenvalue weighted by atomic mass is 10.2. The maximum Gasteiger partial charge on any atom is 0.252 e. The monoisotopic (exact) mass is 234 g/mol. The van der Waals surface area contributed by atoms with Crippen molar-refractivity contribution in [2.24, 2.45) is 0 Å². The molecule has 0 atom stereocenters. The van der Waals surface area contributed by atoms with Gasteiger partial charge in [0.05, 0.1) is 11.3 Å². The smallest absolute Gasteiger partial charge is 0.252 e. The van der Waals surface area contributed by atoms with Crippen molar-refractivity contribution < 1.29 is 4.79 Å². The zero-order chi connectivity index (χ0) is 11.5. The number of hydrogen-bond donors (Lipinski definition) is 2. The van der Waals surface area contributed by atoms with E-state index in [4.69, 9.17) is 5.73 Å². The highest BCUT2D eigenvalue weighted by molar-refractivity contribution is 7.13. The Morgan fingerprint density at radius 3 is 2.75 bits per heavy atom. The first-order chi connectivity index (χ1) is 7.70. The topological polar surface area (TPSA) is 80.9 Å². The number of thiazole rings is 1. The molecule has 2 rings (SSSR count). The SMILES string of the molecule is CNC(=O)c1ccc(-c2csc(N)n2)nc1. The Balaban J connectivity index is 2.29. The number of carbonyl (C=O) groups is 1. The van der Waals surface area contributed by atoms with Crippen LogP contribution < -0.4 is 11.1 Å². The van der Waals surface area contributed by atoms with E-state index in [1.165, 1.54) is 17.5 Å². The number of nitrogen functional groups attached to an aromatic ring is 1. The van der Waals surface area contributed by atoms with Crippen LogP contribution in [-0.4, -0.2) is 22.9 Å². The zero-order valence-corrected chi connectivity index (χ0v) is 9.41. The van der Waals surface area contributed by atoms with Gasteiger partial charge in [0, 0.05) is 18.6 Å². The van der Waals surface area contributed by atoms with Crippen LogP contribution in [0.2, 0.25) is 0 Å². The molecule has 0 unspecified atom stereocenters. The lowest BCUT2D eigenvalue weighted by Gasteiger charge is -1.99. The number of nitrogens with two attached hydrogens (primary N) is 1. The molecule has 2 aromatic heterocycles. The molecule has 3 N–H and O–H groups in total. The fourth-order valence-corrected chi connectivity index (χ4v) is 1.79. The second-order valence-electron chi connectivity index (χ2n) is 3.08. The number of anilines is 1. The molecule has 0 aromatic carbocycles. The van der Waals surface area contributed by atoms with Gasteiger partial charge in [-0.3, -0.25) is 9.78 Å². The molecule has 2 aromatic rings. The highest BCUT2D eigenvalue weighted by atomic mass is 32.1. The second-order valence-corrected chi connectivity index (χ2v) is 3.97. The number of nitrogens with zero attached hydrogens (tertiary/aromatic N) is 2. The maximum absolute atomic E-state index is 11.3. The van der Waals surface area contributed by atoms with E-state index in [1.54, 1.807) is 19.2 Å². The predicted molar refractivity (Wildman–Crippen MR) is 63.1 cm³/mol. The van der Waals surface area contributed by atoms with Crippen LogP contribution in [0.15, 0.2) is 23.7 Å². The summed E-state index contributed by atoms with van der Waals surface area (Å²) in [5, 5.41) is 4.87. The average Bonchev–Trinajstić information content (AvgIpc) is 2.75. The molecule has 0 aliphatic rings. The van der Waals surface area contributed by atoms with E-state index in [9.17, 15) is 4.79 Å². The normalized spacial score (nSPS) is 10.1. The number of rotatable bonds is 2. The first-order valence-corrected chi connectivity index (χ1v) is 5.48. The van der Waals surface area contributed by atoms with Gasteiger partial charge < -0.3 is 11.1 Å². The summed E-state index contributed by atoms with van der Waals surface area (Å²) in [6.45, 7) is 0. The first kappa shape index (κ1) is 10.6. The zero-order valence-electron chi connectivity index (χ0n) is 8.60. The number of hydrogen-bond acceptors (Lipinski definition) is 5. The molecule has 5 nitrogen and oxygen atoms in total. The fourth-order valence-electron chi connectivity index (χ4n) is 1.23. The van der Waals surface area contributed by atoms with Crippen LogP contribution in [-0.2, 0) is 0 Å². The van der Waals surface area contributed by atoms with Gasteiger partial charge in [0.2, 0.25) is 0 Å². The van der Waals surface area contributed by atoms with Crippen LogP contribution in [0.1, 0.15) is 10.4 Å². The van der Waals surface area contributed by atoms with E-state index in [0.29, 0.717) is 16.4 Å². The number of amides is 1. The molecular weight excluding hydrogens is 224 g/mol. The van der Waals surface area contributed by atoms with Gasteiger partial charge in [-0.2, -0.15) is 0 Å². The van der Waals surface area contributed by atoms with E-state index in [1.807, 2.05) is 5.38 Å². The van der Waals surface area contributed by atoms with Crippen molar-refractivity contribution in [1.82, 2.24) is 15.3 Å². The van der Waals surface area contributed by atoms with E-state index in [2.05, 4.69) is 15.3 Å². The summed E-state index contributed by atoms with van der Waals surface area (Å²) in [6.07, 6.45) is 1.52. The van der Waals surface area contributed by atoms with Gasteiger partial charge in [0.15, 0.2) is 5.13 Å². The highest BCUT2D eigenvalue weighted by Crippen LogP contribution is 2.21. The van der Waals surface area contributed by atoms with Crippen LogP contribution in [0.25, 0.3) is 11.4 Å². The van der Waals surface area contributed by atoms with Crippen LogP contribution in [0.5, 0.6) is 0 Å². The largest absolute Gasteiger partial charge is 0.375 e. The maximum atomic E-state index is 11.3. The predicted octanol–water partition coefficient (Wildman–Crippen LogP) is 1.15. The van der Waals surface area contributed by atoms with E-state index >= 15 is 0 Å². The van der Waals surface area contributed by atoms with Crippen LogP contribution in [0.3, 0.4) is 0 Å². The Labute approximate surface area is 96.3 Å². The highest BCUT2D eigenvalue weighted by Gasteiger charge is 2.06. The minimum Gasteiger partial charge on any atom is -0.375 e. The summed E-state index contributed by atoms with van der Waals surface area (Å²) in [4.78, 5) is 19.5. The lowest BCUT2D eigenvalue weighted by Crippen LogP contribution is -2.17. The van der Waals surface area contributed by atoms with Gasteiger partial charge >= 0.3 is 0 Å². The van der Waals surface area contributed by atoms with Crippen molar-refractivity contribution in [1.29, 1.82) is 0 Å². The molecule has 0 saturated carbocycles. The van der Waals surface area contributed by atoms with Crippen molar-refractivity contribution in [2.45, 2.75) is 0 Å². The number of aromatic nitrogens is 2. The first-order valence-electron chi connectivity index (χ1n) is 4.60. The Morgan fingerprint density at radius 1 is 1.44 bits per heavy atom. The van der Waals surface area contributed by atoms with E-state index < -0.39 is 0 Å². The van der Waals surface area contributed by atoms with Crippen molar-refractivity contribution in [3.05, 3.63) is 29.3 Å². The van der Waals surface area contributed by atoms with Crippen LogP contribution in [0, 0.1) is 0 Å². The van der Waals surface area contributed by atoms with E-state index in [0.717, 1.165) is 5.69 Å². The fraction of sp³-hybridized carbons (Fsp3) is 0.100. The minimum absolute atomic E-state index is 0.156. The van der Waals surface area contributed by atoms with Gasteiger partial charge in [-0.05, 0) is 12.1 Å². The molecule has 0 bridgehead atoms. The number of nitrogens with one attached hydrogen (secondary N) is 1. The van der Waals surface area contributed by atoms with Crippen molar-refractivity contribution >= 4 is 22.4 Å². The third kappa shape index (κ3) is 2.01. The molecule has 0 aliphatic carbocycles. The van der Waals surface area contributed by atoms with Crippen molar-refractivity contribution in [3.8, 4) is 11.4 Å². The number of pyridine rings is 1. The van der Waals surface area contributed by atoms with Gasteiger partial charge in [-0.25, -0.2) is 4.98 Å². The number of carbonyl (C=O) groups excluding carboxylic acids is 1. The molecule has 16 heavy (non-hydrogen) atoms. The molecule has 6 heteroatoms. The molecule has 82 valence electrons. The van der Waals surface area contributed by atoms with Crippen molar-refractivity contribution in [2.75, 3.05) is 12.8 Å². The summed E-state index contributed by atoms with van der Waals surface area (Å²) >= 11 is 1.36. The Hall–Kier alpha value is -1.95. The molecule has 0 aliphatic heterocycles. The third-order valence-corrected chi connectivity index (χ3v) is 2.71. The molecule has 0 saturated heterocycles. The molecular formula is C10H10N4OS. The summed E-state index contributed by atoms with van der Waals surface area (Å²) in [7, 11) is 1.58. The Bertz CT molecular complexity index is 506. The molecule has 0 spiro atoms. The summed E-state index contributed by atoms with van der Waals surface area (Å²) in [6, 6.07) is 3.45. The lowest BCUT2D eigenvalue weighted by molar-refractivity contribution is 0.0963. The van der Waals surface area contributed by atoms with Crippen molar-refractivity contribution in [3.63, 3.8) is 0 Å². The molecule has 2 heterocycles. The average molecular weight is 234 g/mol.